The van der Waals surface area contributed by atoms with Crippen molar-refractivity contribution in [2.24, 2.45) is 0 Å². The van der Waals surface area contributed by atoms with Gasteiger partial charge in [-0.2, -0.15) is 5.10 Å². The van der Waals surface area contributed by atoms with Crippen molar-refractivity contribution in [1.29, 1.82) is 0 Å². The molecule has 2 N–H and O–H groups in total. The minimum atomic E-state index is 0.571. The minimum absolute atomic E-state index is 0.571. The van der Waals surface area contributed by atoms with Crippen LogP contribution in [0.25, 0.3) is 11.2 Å². The van der Waals surface area contributed by atoms with Crippen LogP contribution in [0.5, 0.6) is 0 Å². The topological polar surface area (TPSA) is 61.7 Å². The van der Waals surface area contributed by atoms with Crippen LogP contribution in [0, 0.1) is 13.8 Å². The number of hydrogen-bond acceptors (Lipinski definition) is 3. The summed E-state index contributed by atoms with van der Waals surface area (Å²) in [4.78, 5) is 4.47. The van der Waals surface area contributed by atoms with E-state index in [9.17, 15) is 0 Å². The fraction of sp³-hybridized carbons (Fsp3) is 0.375. The second-order valence-corrected chi connectivity index (χ2v) is 5.37. The first-order chi connectivity index (χ1) is 10.1. The molecule has 3 aromatic rings. The number of imidazole rings is 1. The van der Waals surface area contributed by atoms with Crippen molar-refractivity contribution >= 4 is 17.1 Å². The first-order valence-corrected chi connectivity index (χ1v) is 7.35. The number of aryl methyl sites for hydroxylation is 5. The lowest BCUT2D eigenvalue weighted by atomic mass is 10.1. The number of rotatable bonds is 4. The van der Waals surface area contributed by atoms with Crippen LogP contribution in [0.1, 0.15) is 23.7 Å². The van der Waals surface area contributed by atoms with Crippen LogP contribution in [0.3, 0.4) is 0 Å². The minimum Gasteiger partial charge on any atom is -0.369 e. The number of nitrogens with zero attached hydrogens (tertiary/aromatic N) is 4. The number of fused-ring (bicyclic) bond motifs is 1. The molecule has 0 aliphatic rings. The van der Waals surface area contributed by atoms with Crippen LogP contribution < -0.4 is 5.73 Å². The average Bonchev–Trinajstić information content (AvgIpc) is 2.95. The highest BCUT2D eigenvalue weighted by Crippen LogP contribution is 2.22. The van der Waals surface area contributed by atoms with E-state index in [1.54, 1.807) is 0 Å². The monoisotopic (exact) mass is 283 g/mol. The number of benzene rings is 1. The van der Waals surface area contributed by atoms with Crippen LogP contribution >= 0.6 is 0 Å². The van der Waals surface area contributed by atoms with Gasteiger partial charge in [0, 0.05) is 13.1 Å². The third kappa shape index (κ3) is 2.28. The molecule has 110 valence electrons. The molecule has 0 radical (unpaired) electrons. The van der Waals surface area contributed by atoms with Gasteiger partial charge in [0.05, 0.1) is 5.69 Å². The van der Waals surface area contributed by atoms with Gasteiger partial charge in [0.15, 0.2) is 5.65 Å². The van der Waals surface area contributed by atoms with Gasteiger partial charge in [-0.15, -0.1) is 0 Å². The van der Waals surface area contributed by atoms with E-state index in [2.05, 4.69) is 52.8 Å². The molecule has 0 aliphatic heterocycles. The molecule has 3 rings (SSSR count). The van der Waals surface area contributed by atoms with Crippen molar-refractivity contribution in [1.82, 2.24) is 19.3 Å². The Morgan fingerprint density at radius 1 is 1.19 bits per heavy atom. The van der Waals surface area contributed by atoms with Gasteiger partial charge in [-0.05, 0) is 38.3 Å². The maximum Gasteiger partial charge on any atom is 0.202 e. The van der Waals surface area contributed by atoms with Gasteiger partial charge in [0.1, 0.15) is 5.52 Å². The number of hydrogen-bond donors (Lipinski definition) is 1. The Morgan fingerprint density at radius 3 is 2.67 bits per heavy atom. The van der Waals surface area contributed by atoms with Crippen molar-refractivity contribution in [3.8, 4) is 0 Å². The molecule has 0 bridgehead atoms. The van der Waals surface area contributed by atoms with Crippen molar-refractivity contribution in [2.75, 3.05) is 5.73 Å². The molecule has 2 heterocycles. The van der Waals surface area contributed by atoms with Crippen LogP contribution in [0.15, 0.2) is 24.3 Å². The number of anilines is 1. The summed E-state index contributed by atoms with van der Waals surface area (Å²) in [6, 6.07) is 8.46. The quantitative estimate of drug-likeness (QED) is 0.800. The summed E-state index contributed by atoms with van der Waals surface area (Å²) in [6.45, 7) is 7.84. The highest BCUT2D eigenvalue weighted by Gasteiger charge is 2.16. The summed E-state index contributed by atoms with van der Waals surface area (Å²) in [7, 11) is 0. The van der Waals surface area contributed by atoms with Crippen molar-refractivity contribution < 1.29 is 0 Å². The summed E-state index contributed by atoms with van der Waals surface area (Å²) in [5.41, 5.74) is 11.6. The van der Waals surface area contributed by atoms with Crippen LogP contribution in [0.2, 0.25) is 0 Å². The Bertz CT molecular complexity index is 781. The van der Waals surface area contributed by atoms with Crippen LogP contribution in [-0.4, -0.2) is 19.3 Å². The van der Waals surface area contributed by atoms with E-state index in [0.717, 1.165) is 36.4 Å². The molecule has 5 nitrogen and oxygen atoms in total. The first kappa shape index (κ1) is 13.7. The van der Waals surface area contributed by atoms with E-state index in [1.807, 2.05) is 11.6 Å². The van der Waals surface area contributed by atoms with Crippen LogP contribution in [-0.2, 0) is 19.5 Å². The Labute approximate surface area is 124 Å². The molecule has 5 heteroatoms. The Kier molecular flexibility index (Phi) is 3.41. The predicted octanol–water partition coefficient (Wildman–Crippen LogP) is 2.69. The van der Waals surface area contributed by atoms with Gasteiger partial charge in [-0.25, -0.2) is 9.67 Å². The van der Waals surface area contributed by atoms with Gasteiger partial charge in [-0.1, -0.05) is 24.3 Å². The fourth-order valence-electron chi connectivity index (χ4n) is 2.81. The molecule has 0 saturated carbocycles. The van der Waals surface area contributed by atoms with E-state index in [0.29, 0.717) is 5.95 Å². The van der Waals surface area contributed by atoms with E-state index in [4.69, 9.17) is 5.73 Å². The first-order valence-electron chi connectivity index (χ1n) is 7.35. The fourth-order valence-corrected chi connectivity index (χ4v) is 2.81. The van der Waals surface area contributed by atoms with Crippen LogP contribution in [0.4, 0.5) is 5.95 Å². The standard InChI is InChI=1S/C16H21N5/c1-4-21-15-14(12(3)19-21)18-16(17)20(15)10-9-13-8-6-5-7-11(13)2/h5-8H,4,9-10H2,1-3H3,(H2,17,18). The van der Waals surface area contributed by atoms with Crippen molar-refractivity contribution in [3.05, 3.63) is 41.1 Å². The lowest BCUT2D eigenvalue weighted by Crippen LogP contribution is -2.10. The summed E-state index contributed by atoms with van der Waals surface area (Å²) in [5.74, 6) is 0.571. The van der Waals surface area contributed by atoms with Crippen molar-refractivity contribution in [3.63, 3.8) is 0 Å². The normalized spacial score (nSPS) is 11.4. The van der Waals surface area contributed by atoms with Crippen molar-refractivity contribution in [2.45, 2.75) is 40.3 Å². The zero-order valence-corrected chi connectivity index (χ0v) is 12.8. The predicted molar refractivity (Wildman–Crippen MR) is 85.2 cm³/mol. The maximum atomic E-state index is 6.10. The average molecular weight is 283 g/mol. The van der Waals surface area contributed by atoms with Gasteiger partial charge in [-0.3, -0.25) is 4.57 Å². The molecule has 0 unspecified atom stereocenters. The molecule has 2 aromatic heterocycles. The molecular weight excluding hydrogens is 262 g/mol. The molecule has 0 saturated heterocycles. The number of nitrogen functional groups attached to an aromatic ring is 1. The Morgan fingerprint density at radius 2 is 1.95 bits per heavy atom. The molecule has 0 atom stereocenters. The van der Waals surface area contributed by atoms with Gasteiger partial charge in [0.2, 0.25) is 5.95 Å². The highest BCUT2D eigenvalue weighted by atomic mass is 15.4. The zero-order chi connectivity index (χ0) is 15.0. The summed E-state index contributed by atoms with van der Waals surface area (Å²) in [5, 5.41) is 4.52. The third-order valence-corrected chi connectivity index (χ3v) is 3.99. The maximum absolute atomic E-state index is 6.10. The van der Waals surface area contributed by atoms with E-state index in [1.165, 1.54) is 11.1 Å². The van der Waals surface area contributed by atoms with Gasteiger partial charge >= 0.3 is 0 Å². The van der Waals surface area contributed by atoms with E-state index >= 15 is 0 Å². The SMILES string of the molecule is CCn1nc(C)c2nc(N)n(CCc3ccccc3C)c21. The Hall–Kier alpha value is -2.30. The van der Waals surface area contributed by atoms with Gasteiger partial charge in [0.25, 0.3) is 0 Å². The molecular formula is C16H21N5. The zero-order valence-electron chi connectivity index (χ0n) is 12.8. The molecule has 0 aliphatic carbocycles. The number of aromatic nitrogens is 4. The molecule has 21 heavy (non-hydrogen) atoms. The van der Waals surface area contributed by atoms with Gasteiger partial charge < -0.3 is 5.73 Å². The van der Waals surface area contributed by atoms with E-state index in [-0.39, 0.29) is 0 Å². The second-order valence-electron chi connectivity index (χ2n) is 5.37. The molecule has 1 aromatic carbocycles. The molecule has 0 fully saturated rings. The summed E-state index contributed by atoms with van der Waals surface area (Å²) in [6.07, 6.45) is 0.941. The number of nitrogens with two attached hydrogens (primary N) is 1. The largest absolute Gasteiger partial charge is 0.369 e. The van der Waals surface area contributed by atoms with E-state index < -0.39 is 0 Å². The summed E-state index contributed by atoms with van der Waals surface area (Å²) < 4.78 is 4.05. The Balaban J connectivity index is 1.97. The molecule has 0 spiro atoms. The lowest BCUT2D eigenvalue weighted by molar-refractivity contribution is 0.630. The summed E-state index contributed by atoms with van der Waals surface area (Å²) >= 11 is 0. The smallest absolute Gasteiger partial charge is 0.202 e. The second kappa shape index (κ2) is 5.24. The lowest BCUT2D eigenvalue weighted by Gasteiger charge is -2.09. The highest BCUT2D eigenvalue weighted by molar-refractivity contribution is 5.77. The third-order valence-electron chi connectivity index (χ3n) is 3.99. The molecule has 0 amide bonds.